The zero-order valence-electron chi connectivity index (χ0n) is 21.1. The first-order valence-corrected chi connectivity index (χ1v) is 12.5. The fourth-order valence-corrected chi connectivity index (χ4v) is 5.08. The Kier molecular flexibility index (Phi) is 6.17. The molecule has 1 amide bonds. The lowest BCUT2D eigenvalue weighted by molar-refractivity contribution is 0.0673. The molecule has 1 saturated heterocycles. The van der Waals surface area contributed by atoms with E-state index in [9.17, 15) is 10.1 Å². The molecule has 1 aromatic carbocycles. The highest BCUT2D eigenvalue weighted by Gasteiger charge is 2.31. The number of hydrogen-bond donors (Lipinski definition) is 0. The first-order valence-electron chi connectivity index (χ1n) is 12.5. The SMILES string of the molecule is CC1CN(c2ncnc3c2c(-c2ccccc2F)cn3-c2cc(C#N)ccn2)CCN1C(=O)c1ccncc1. The molecule has 1 unspecified atom stereocenters. The van der Waals surface area contributed by atoms with Gasteiger partial charge in [-0.3, -0.25) is 14.3 Å². The monoisotopic (exact) mass is 518 g/mol. The second-order valence-electron chi connectivity index (χ2n) is 9.33. The van der Waals surface area contributed by atoms with E-state index in [4.69, 9.17) is 0 Å². The second-order valence-corrected chi connectivity index (χ2v) is 9.33. The van der Waals surface area contributed by atoms with Crippen LogP contribution < -0.4 is 4.90 Å². The smallest absolute Gasteiger partial charge is 0.254 e. The van der Waals surface area contributed by atoms with E-state index in [2.05, 4.69) is 30.9 Å². The van der Waals surface area contributed by atoms with Crippen molar-refractivity contribution in [3.63, 3.8) is 0 Å². The number of carbonyl (C=O) groups excluding carboxylic acids is 1. The van der Waals surface area contributed by atoms with Crippen LogP contribution in [-0.2, 0) is 0 Å². The van der Waals surface area contributed by atoms with Crippen LogP contribution in [0.2, 0.25) is 0 Å². The molecule has 192 valence electrons. The third-order valence-corrected chi connectivity index (χ3v) is 6.96. The Morgan fingerprint density at radius 2 is 1.85 bits per heavy atom. The third kappa shape index (κ3) is 4.34. The summed E-state index contributed by atoms with van der Waals surface area (Å²) in [6.45, 7) is 3.57. The van der Waals surface area contributed by atoms with Crippen LogP contribution in [0.1, 0.15) is 22.8 Å². The van der Waals surface area contributed by atoms with Crippen LogP contribution in [0, 0.1) is 17.1 Å². The largest absolute Gasteiger partial charge is 0.352 e. The van der Waals surface area contributed by atoms with Gasteiger partial charge in [-0.1, -0.05) is 18.2 Å². The lowest BCUT2D eigenvalue weighted by atomic mass is 10.0. The number of nitrogens with zero attached hydrogens (tertiary/aromatic N) is 8. The Morgan fingerprint density at radius 1 is 1.03 bits per heavy atom. The lowest BCUT2D eigenvalue weighted by Crippen LogP contribution is -2.54. The summed E-state index contributed by atoms with van der Waals surface area (Å²) in [6, 6.07) is 15.3. The van der Waals surface area contributed by atoms with Crippen molar-refractivity contribution >= 4 is 22.8 Å². The maximum atomic E-state index is 15.1. The topological polar surface area (TPSA) is 104 Å². The summed E-state index contributed by atoms with van der Waals surface area (Å²) in [6.07, 6.45) is 8.05. The van der Waals surface area contributed by atoms with E-state index in [1.807, 2.05) is 11.8 Å². The second kappa shape index (κ2) is 9.95. The summed E-state index contributed by atoms with van der Waals surface area (Å²) in [5.41, 5.74) is 2.62. The van der Waals surface area contributed by atoms with Gasteiger partial charge in [0.2, 0.25) is 0 Å². The highest BCUT2D eigenvalue weighted by molar-refractivity contribution is 6.02. The van der Waals surface area contributed by atoms with Gasteiger partial charge >= 0.3 is 0 Å². The molecule has 10 heteroatoms. The Balaban J connectivity index is 1.44. The van der Waals surface area contributed by atoms with Crippen molar-refractivity contribution in [2.45, 2.75) is 13.0 Å². The van der Waals surface area contributed by atoms with E-state index in [1.165, 1.54) is 12.4 Å². The molecular weight excluding hydrogens is 495 g/mol. The Labute approximate surface area is 223 Å². The first kappa shape index (κ1) is 24.2. The summed E-state index contributed by atoms with van der Waals surface area (Å²) < 4.78 is 16.9. The molecular formula is C29H23FN8O. The van der Waals surface area contributed by atoms with Gasteiger partial charge < -0.3 is 9.80 Å². The summed E-state index contributed by atoms with van der Waals surface area (Å²) in [7, 11) is 0. The van der Waals surface area contributed by atoms with Gasteiger partial charge in [-0.2, -0.15) is 5.26 Å². The van der Waals surface area contributed by atoms with Crippen LogP contribution in [-0.4, -0.2) is 61.0 Å². The van der Waals surface area contributed by atoms with E-state index in [1.54, 1.807) is 71.8 Å². The van der Waals surface area contributed by atoms with Crippen molar-refractivity contribution in [2.24, 2.45) is 0 Å². The summed E-state index contributed by atoms with van der Waals surface area (Å²) >= 11 is 0. The van der Waals surface area contributed by atoms with E-state index < -0.39 is 0 Å². The molecule has 6 rings (SSSR count). The molecule has 5 aromatic rings. The Bertz CT molecular complexity index is 1730. The summed E-state index contributed by atoms with van der Waals surface area (Å²) in [4.78, 5) is 34.7. The van der Waals surface area contributed by atoms with Gasteiger partial charge in [0.15, 0.2) is 5.65 Å². The van der Waals surface area contributed by atoms with Crippen LogP contribution in [0.3, 0.4) is 0 Å². The van der Waals surface area contributed by atoms with Gasteiger partial charge in [0.25, 0.3) is 5.91 Å². The van der Waals surface area contributed by atoms with Gasteiger partial charge in [0.1, 0.15) is 23.8 Å². The number of piperazine rings is 1. The molecule has 1 atom stereocenters. The Morgan fingerprint density at radius 3 is 2.62 bits per heavy atom. The van der Waals surface area contributed by atoms with E-state index in [-0.39, 0.29) is 17.8 Å². The van der Waals surface area contributed by atoms with Crippen molar-refractivity contribution in [1.29, 1.82) is 5.26 Å². The lowest BCUT2D eigenvalue weighted by Gasteiger charge is -2.40. The molecule has 5 heterocycles. The van der Waals surface area contributed by atoms with Crippen LogP contribution >= 0.6 is 0 Å². The molecule has 0 N–H and O–H groups in total. The zero-order valence-corrected chi connectivity index (χ0v) is 21.1. The minimum absolute atomic E-state index is 0.0426. The highest BCUT2D eigenvalue weighted by atomic mass is 19.1. The Hall–Kier alpha value is -5.17. The zero-order chi connectivity index (χ0) is 26.9. The molecule has 1 aliphatic rings. The summed E-state index contributed by atoms with van der Waals surface area (Å²) in [5, 5.41) is 10.1. The fourth-order valence-electron chi connectivity index (χ4n) is 5.08. The van der Waals surface area contributed by atoms with Gasteiger partial charge in [-0.25, -0.2) is 19.3 Å². The van der Waals surface area contributed by atoms with Crippen LogP contribution in [0.4, 0.5) is 10.2 Å². The van der Waals surface area contributed by atoms with Gasteiger partial charge in [-0.15, -0.1) is 0 Å². The number of pyridine rings is 2. The quantitative estimate of drug-likeness (QED) is 0.351. The van der Waals surface area contributed by atoms with Gasteiger partial charge in [-0.05, 0) is 37.3 Å². The van der Waals surface area contributed by atoms with Crippen molar-refractivity contribution in [3.8, 4) is 23.0 Å². The molecule has 0 aliphatic carbocycles. The molecule has 0 spiro atoms. The van der Waals surface area contributed by atoms with Crippen molar-refractivity contribution in [2.75, 3.05) is 24.5 Å². The molecule has 0 radical (unpaired) electrons. The molecule has 0 saturated carbocycles. The molecule has 39 heavy (non-hydrogen) atoms. The minimum atomic E-state index is -0.369. The number of fused-ring (bicyclic) bond motifs is 1. The first-order chi connectivity index (χ1) is 19.0. The van der Waals surface area contributed by atoms with Crippen LogP contribution in [0.5, 0.6) is 0 Å². The van der Waals surface area contributed by atoms with E-state index in [0.717, 1.165) is 0 Å². The molecule has 1 fully saturated rings. The molecule has 0 bridgehead atoms. The van der Waals surface area contributed by atoms with E-state index in [0.29, 0.717) is 64.6 Å². The average Bonchev–Trinajstić information content (AvgIpc) is 3.37. The standard InChI is InChI=1S/C29H23FN8O/c1-19-16-36(12-13-37(19)29(39)21-7-9-32-10-8-21)27-26-23(22-4-2-3-5-24(22)30)17-38(28(26)35-18-34-27)25-14-20(15-31)6-11-33-25/h2-11,14,17-19H,12-13,16H2,1H3. The molecule has 9 nitrogen and oxygen atoms in total. The van der Waals surface area contributed by atoms with E-state index >= 15 is 4.39 Å². The molecule has 1 aliphatic heterocycles. The van der Waals surface area contributed by atoms with Gasteiger partial charge in [0, 0.05) is 67.2 Å². The number of hydrogen-bond acceptors (Lipinski definition) is 7. The number of nitriles is 1. The van der Waals surface area contributed by atoms with Crippen molar-refractivity contribution in [3.05, 3.63) is 96.6 Å². The predicted octanol–water partition coefficient (Wildman–Crippen LogP) is 4.24. The minimum Gasteiger partial charge on any atom is -0.352 e. The maximum Gasteiger partial charge on any atom is 0.254 e. The van der Waals surface area contributed by atoms with Crippen LogP contribution in [0.25, 0.3) is 28.0 Å². The number of amides is 1. The average molecular weight is 519 g/mol. The number of halogens is 1. The normalized spacial score (nSPS) is 15.4. The number of benzene rings is 1. The number of rotatable bonds is 4. The fraction of sp³-hybridized carbons (Fsp3) is 0.172. The highest BCUT2D eigenvalue weighted by Crippen LogP contribution is 2.38. The third-order valence-electron chi connectivity index (χ3n) is 6.96. The predicted molar refractivity (Wildman–Crippen MR) is 144 cm³/mol. The number of carbonyl (C=O) groups is 1. The summed E-state index contributed by atoms with van der Waals surface area (Å²) in [5.74, 6) is 0.731. The number of anilines is 1. The van der Waals surface area contributed by atoms with Crippen LogP contribution in [0.15, 0.2) is 79.6 Å². The number of aromatic nitrogens is 5. The van der Waals surface area contributed by atoms with Crippen molar-refractivity contribution < 1.29 is 9.18 Å². The van der Waals surface area contributed by atoms with Crippen molar-refractivity contribution in [1.82, 2.24) is 29.4 Å². The van der Waals surface area contributed by atoms with Gasteiger partial charge in [0.05, 0.1) is 17.0 Å². The maximum absolute atomic E-state index is 15.1. The molecule has 4 aromatic heterocycles.